The number of ether oxygens (including phenoxy) is 2. The lowest BCUT2D eigenvalue weighted by Gasteiger charge is -2.06. The molecule has 4 rings (SSSR count). The van der Waals surface area contributed by atoms with Crippen molar-refractivity contribution in [3.63, 3.8) is 0 Å². The van der Waals surface area contributed by atoms with Gasteiger partial charge in [0.05, 0.1) is 0 Å². The lowest BCUT2D eigenvalue weighted by Crippen LogP contribution is -2.13. The Morgan fingerprint density at radius 2 is 1.61 bits per heavy atom. The zero-order chi connectivity index (χ0) is 22.0. The van der Waals surface area contributed by atoms with Gasteiger partial charge in [-0.1, -0.05) is 35.9 Å². The highest BCUT2D eigenvalue weighted by atomic mass is 19.1. The fourth-order valence-corrected chi connectivity index (χ4v) is 2.87. The van der Waals surface area contributed by atoms with Crippen molar-refractivity contribution in [2.45, 2.75) is 6.92 Å². The summed E-state index contributed by atoms with van der Waals surface area (Å²) in [6, 6.07) is 16.5. The Hall–Kier alpha value is -4.13. The van der Waals surface area contributed by atoms with E-state index in [0.717, 1.165) is 23.8 Å². The van der Waals surface area contributed by atoms with Gasteiger partial charge in [-0.25, -0.2) is 23.4 Å². The predicted octanol–water partition coefficient (Wildman–Crippen LogP) is 4.84. The molecule has 7 heteroatoms. The van der Waals surface area contributed by atoms with Gasteiger partial charge in [-0.2, -0.15) is 0 Å². The van der Waals surface area contributed by atoms with Crippen molar-refractivity contribution in [3.05, 3.63) is 106 Å². The summed E-state index contributed by atoms with van der Waals surface area (Å²) in [4.78, 5) is 28.4. The van der Waals surface area contributed by atoms with Crippen molar-refractivity contribution in [2.75, 3.05) is 0 Å². The third-order valence-electron chi connectivity index (χ3n) is 4.48. The summed E-state index contributed by atoms with van der Waals surface area (Å²) >= 11 is 0. The number of esters is 2. The standard InChI is InChI=1S/C24H15F2NO4/c1-14-5-9-16(10-6-14)22-27-20(23(28)31-22)13-15-7-11-17(12-8-15)30-24(29)21-18(25)3-2-4-19(21)26/h2-13H,1H3/b20-13+. The van der Waals surface area contributed by atoms with Gasteiger partial charge in [0.25, 0.3) is 0 Å². The SMILES string of the molecule is Cc1ccc(C2=N/C(=C/c3ccc(OC(=O)c4c(F)cccc4F)cc3)C(=O)O2)cc1. The first kappa shape index (κ1) is 20.2. The number of hydrogen-bond acceptors (Lipinski definition) is 5. The molecule has 0 saturated carbocycles. The summed E-state index contributed by atoms with van der Waals surface area (Å²) in [5, 5.41) is 0. The first-order chi connectivity index (χ1) is 14.9. The predicted molar refractivity (Wildman–Crippen MR) is 110 cm³/mol. The molecular weight excluding hydrogens is 404 g/mol. The number of aliphatic imine (C=N–C) groups is 1. The van der Waals surface area contributed by atoms with Gasteiger partial charge < -0.3 is 9.47 Å². The van der Waals surface area contributed by atoms with E-state index in [9.17, 15) is 18.4 Å². The summed E-state index contributed by atoms with van der Waals surface area (Å²) in [7, 11) is 0. The van der Waals surface area contributed by atoms with Crippen molar-refractivity contribution >= 4 is 23.9 Å². The second-order valence-electron chi connectivity index (χ2n) is 6.76. The molecule has 0 fully saturated rings. The quantitative estimate of drug-likeness (QED) is 0.345. The van der Waals surface area contributed by atoms with Gasteiger partial charge in [0.1, 0.15) is 22.9 Å². The molecule has 154 valence electrons. The Bertz CT molecular complexity index is 1210. The van der Waals surface area contributed by atoms with E-state index in [1.807, 2.05) is 31.2 Å². The molecule has 0 spiro atoms. The van der Waals surface area contributed by atoms with Crippen LogP contribution in [0.1, 0.15) is 27.0 Å². The van der Waals surface area contributed by atoms with Crippen LogP contribution < -0.4 is 4.74 Å². The van der Waals surface area contributed by atoms with Crippen LogP contribution in [-0.4, -0.2) is 17.8 Å². The van der Waals surface area contributed by atoms with Gasteiger partial charge in [-0.15, -0.1) is 0 Å². The number of aryl methyl sites for hydroxylation is 1. The number of rotatable bonds is 4. The topological polar surface area (TPSA) is 65.0 Å². The molecule has 3 aromatic carbocycles. The van der Waals surface area contributed by atoms with Crippen molar-refractivity contribution in [3.8, 4) is 5.75 Å². The average molecular weight is 419 g/mol. The Morgan fingerprint density at radius 3 is 2.26 bits per heavy atom. The zero-order valence-electron chi connectivity index (χ0n) is 16.3. The molecule has 0 atom stereocenters. The van der Waals surface area contributed by atoms with E-state index in [0.29, 0.717) is 11.1 Å². The normalized spacial score (nSPS) is 14.4. The number of cyclic esters (lactones) is 1. The van der Waals surface area contributed by atoms with E-state index in [-0.39, 0.29) is 17.3 Å². The Morgan fingerprint density at radius 1 is 0.968 bits per heavy atom. The summed E-state index contributed by atoms with van der Waals surface area (Å²) in [6.07, 6.45) is 1.52. The van der Waals surface area contributed by atoms with Gasteiger partial charge in [-0.05, 0) is 55.0 Å². The molecular formula is C24H15F2NO4. The minimum atomic E-state index is -1.14. The zero-order valence-corrected chi connectivity index (χ0v) is 16.3. The number of hydrogen-bond donors (Lipinski definition) is 0. The molecule has 1 aliphatic heterocycles. The lowest BCUT2D eigenvalue weighted by atomic mass is 10.1. The number of benzene rings is 3. The number of nitrogens with zero attached hydrogens (tertiary/aromatic N) is 1. The molecule has 1 heterocycles. The van der Waals surface area contributed by atoms with Gasteiger partial charge >= 0.3 is 11.9 Å². The Balaban J connectivity index is 1.50. The van der Waals surface area contributed by atoms with Crippen LogP contribution in [-0.2, 0) is 9.53 Å². The van der Waals surface area contributed by atoms with E-state index in [4.69, 9.17) is 9.47 Å². The fraction of sp³-hybridized carbons (Fsp3) is 0.0417. The van der Waals surface area contributed by atoms with Crippen LogP contribution in [0.25, 0.3) is 6.08 Å². The second-order valence-corrected chi connectivity index (χ2v) is 6.76. The van der Waals surface area contributed by atoms with E-state index in [1.54, 1.807) is 12.1 Å². The minimum Gasteiger partial charge on any atom is -0.423 e. The Labute approximate surface area is 176 Å². The number of halogens is 2. The fourth-order valence-electron chi connectivity index (χ4n) is 2.87. The summed E-state index contributed by atoms with van der Waals surface area (Å²) < 4.78 is 37.7. The molecule has 0 radical (unpaired) electrons. The smallest absolute Gasteiger partial charge is 0.363 e. The molecule has 5 nitrogen and oxygen atoms in total. The molecule has 0 unspecified atom stereocenters. The summed E-state index contributed by atoms with van der Waals surface area (Å²) in [5.74, 6) is -3.43. The van der Waals surface area contributed by atoms with E-state index in [1.165, 1.54) is 18.2 Å². The van der Waals surface area contributed by atoms with Gasteiger partial charge in [0.2, 0.25) is 5.90 Å². The van der Waals surface area contributed by atoms with Gasteiger partial charge in [0.15, 0.2) is 5.70 Å². The third-order valence-corrected chi connectivity index (χ3v) is 4.48. The second kappa shape index (κ2) is 8.31. The maximum Gasteiger partial charge on any atom is 0.363 e. The maximum atomic E-state index is 13.7. The third kappa shape index (κ3) is 4.40. The molecule has 0 amide bonds. The van der Waals surface area contributed by atoms with Crippen LogP contribution in [0.5, 0.6) is 5.75 Å². The molecule has 3 aromatic rings. The van der Waals surface area contributed by atoms with Crippen LogP contribution >= 0.6 is 0 Å². The number of carbonyl (C=O) groups excluding carboxylic acids is 2. The first-order valence-electron chi connectivity index (χ1n) is 9.26. The average Bonchev–Trinajstić information content (AvgIpc) is 3.10. The van der Waals surface area contributed by atoms with Crippen LogP contribution in [0, 0.1) is 18.6 Å². The molecule has 0 aromatic heterocycles. The van der Waals surface area contributed by atoms with E-state index in [2.05, 4.69) is 4.99 Å². The van der Waals surface area contributed by atoms with Crippen LogP contribution in [0.2, 0.25) is 0 Å². The van der Waals surface area contributed by atoms with Crippen LogP contribution in [0.4, 0.5) is 8.78 Å². The maximum absolute atomic E-state index is 13.7. The molecule has 0 bridgehead atoms. The van der Waals surface area contributed by atoms with E-state index < -0.39 is 29.1 Å². The molecule has 0 aliphatic carbocycles. The molecule has 0 saturated heterocycles. The van der Waals surface area contributed by atoms with E-state index >= 15 is 0 Å². The van der Waals surface area contributed by atoms with Crippen molar-refractivity contribution in [1.29, 1.82) is 0 Å². The largest absolute Gasteiger partial charge is 0.423 e. The Kier molecular flexibility index (Phi) is 5.41. The minimum absolute atomic E-state index is 0.0904. The molecule has 31 heavy (non-hydrogen) atoms. The highest BCUT2D eigenvalue weighted by Gasteiger charge is 2.24. The van der Waals surface area contributed by atoms with Crippen molar-refractivity contribution in [2.24, 2.45) is 4.99 Å². The van der Waals surface area contributed by atoms with Crippen LogP contribution in [0.3, 0.4) is 0 Å². The van der Waals surface area contributed by atoms with Gasteiger partial charge in [-0.3, -0.25) is 0 Å². The first-order valence-corrected chi connectivity index (χ1v) is 9.26. The summed E-state index contributed by atoms with van der Waals surface area (Å²) in [6.45, 7) is 1.95. The van der Waals surface area contributed by atoms with Crippen LogP contribution in [0.15, 0.2) is 77.4 Å². The number of carbonyl (C=O) groups is 2. The lowest BCUT2D eigenvalue weighted by molar-refractivity contribution is -0.129. The van der Waals surface area contributed by atoms with Gasteiger partial charge in [0, 0.05) is 5.56 Å². The molecule has 0 N–H and O–H groups in total. The molecule has 1 aliphatic rings. The summed E-state index contributed by atoms with van der Waals surface area (Å²) in [5.41, 5.74) is 1.71. The monoisotopic (exact) mass is 419 g/mol. The van der Waals surface area contributed by atoms with Crippen molar-refractivity contribution < 1.29 is 27.8 Å². The highest BCUT2D eigenvalue weighted by Crippen LogP contribution is 2.22. The highest BCUT2D eigenvalue weighted by molar-refractivity contribution is 6.12. The van der Waals surface area contributed by atoms with Crippen molar-refractivity contribution in [1.82, 2.24) is 0 Å².